The predicted molar refractivity (Wildman–Crippen MR) is 107 cm³/mol. The molecule has 11 heteroatoms. The second kappa shape index (κ2) is 7.36. The molecule has 8 nitrogen and oxygen atoms in total. The molecule has 1 unspecified atom stereocenters. The van der Waals surface area contributed by atoms with Crippen LogP contribution in [0, 0.1) is 13.7 Å². The van der Waals surface area contributed by atoms with Crippen LogP contribution in [-0.4, -0.2) is 26.1 Å². The van der Waals surface area contributed by atoms with Crippen LogP contribution in [0.5, 0.6) is 11.5 Å². The van der Waals surface area contributed by atoms with E-state index in [2.05, 4.69) is 5.16 Å². The predicted octanol–water partition coefficient (Wildman–Crippen LogP) is 3.96. The van der Waals surface area contributed by atoms with E-state index >= 15 is 0 Å². The lowest BCUT2D eigenvalue weighted by Gasteiger charge is -2.09. The van der Waals surface area contributed by atoms with E-state index in [1.807, 2.05) is 4.72 Å². The van der Waals surface area contributed by atoms with Gasteiger partial charge in [0.05, 0.1) is 4.88 Å². The lowest BCUT2D eigenvalue weighted by molar-refractivity contribution is 0.0994. The van der Waals surface area contributed by atoms with Gasteiger partial charge in [-0.05, 0) is 48.4 Å². The molecule has 29 heavy (non-hydrogen) atoms. The van der Waals surface area contributed by atoms with Gasteiger partial charge in [0.25, 0.3) is 15.9 Å². The Morgan fingerprint density at radius 3 is 2.93 bits per heavy atom. The van der Waals surface area contributed by atoms with Crippen molar-refractivity contribution in [2.75, 3.05) is 11.5 Å². The second-order valence-corrected chi connectivity index (χ2v) is 8.47. The number of ether oxygens (including phenoxy) is 2. The number of hydrogen-bond acceptors (Lipinski definition) is 8. The van der Waals surface area contributed by atoms with E-state index in [9.17, 15) is 13.2 Å². The highest BCUT2D eigenvalue weighted by molar-refractivity contribution is 7.93. The first-order valence-electron chi connectivity index (χ1n) is 12.2. The average molecular weight is 464 g/mol. The number of anilines is 1. The first-order chi connectivity index (χ1) is 17.3. The van der Waals surface area contributed by atoms with Crippen molar-refractivity contribution >= 4 is 44.6 Å². The maximum atomic E-state index is 13.4. The standard InChI is InChI=1S/C18H15ClN2O6S2/c1-9-5-13-14(26-8-25-13)7-11(9)6-12(22)17-15(3-4-28-17)29(23,24)21-18-16(19)10(2)20-27-18/h3-5,7,21H,6,8H2,1-2H3/i1D3,2D3,6D2,8D. The molecule has 152 valence electrons. The van der Waals surface area contributed by atoms with Gasteiger partial charge in [-0.1, -0.05) is 16.8 Å². The minimum Gasteiger partial charge on any atom is -0.454 e. The quantitative estimate of drug-likeness (QED) is 0.551. The number of fused-ring (bicyclic) bond motifs is 1. The van der Waals surface area contributed by atoms with Gasteiger partial charge >= 0.3 is 0 Å². The van der Waals surface area contributed by atoms with Gasteiger partial charge in [0.15, 0.2) is 17.3 Å². The number of ketones is 1. The highest BCUT2D eigenvalue weighted by Crippen LogP contribution is 2.36. The molecule has 1 atom stereocenters. The van der Waals surface area contributed by atoms with Crippen LogP contribution in [0.15, 0.2) is 33.0 Å². The van der Waals surface area contributed by atoms with E-state index < -0.39 is 80.2 Å². The number of nitrogens with zero attached hydrogens (tertiary/aromatic N) is 1. The Morgan fingerprint density at radius 1 is 1.41 bits per heavy atom. The fraction of sp³-hybridized carbons (Fsp3) is 0.222. The first-order valence-corrected chi connectivity index (χ1v) is 10.3. The Morgan fingerprint density at radius 2 is 2.21 bits per heavy atom. The molecule has 1 N–H and O–H groups in total. The average Bonchev–Trinajstić information content (AvgIpc) is 3.49. The summed E-state index contributed by atoms with van der Waals surface area (Å²) in [5.74, 6) is -2.44. The second-order valence-electron chi connectivity index (χ2n) is 5.52. The van der Waals surface area contributed by atoms with Crippen molar-refractivity contribution in [3.63, 3.8) is 0 Å². The molecule has 0 amide bonds. The maximum absolute atomic E-state index is 13.4. The topological polar surface area (TPSA) is 108 Å². The SMILES string of the molecule is [2H]C1Oc2cc(C([2H])([2H])[2H])c(C([2H])([2H])C(=O)c3sccc3S(=O)(=O)Nc3onc(C([2H])([2H])[2H])c3Cl)cc2O1. The van der Waals surface area contributed by atoms with E-state index in [0.29, 0.717) is 11.3 Å². The van der Waals surface area contributed by atoms with E-state index in [4.69, 9.17) is 37.9 Å². The normalized spacial score (nSPS) is 21.4. The van der Waals surface area contributed by atoms with Gasteiger partial charge in [-0.3, -0.25) is 4.79 Å². The van der Waals surface area contributed by atoms with E-state index in [0.717, 1.165) is 18.2 Å². The lowest BCUT2D eigenvalue weighted by atomic mass is 10.0. The van der Waals surface area contributed by atoms with Crippen LogP contribution in [0.2, 0.25) is 5.02 Å². The monoisotopic (exact) mass is 463 g/mol. The third-order valence-corrected chi connectivity index (χ3v) is 6.44. The van der Waals surface area contributed by atoms with Crippen LogP contribution >= 0.6 is 22.9 Å². The van der Waals surface area contributed by atoms with Crippen molar-refractivity contribution in [2.45, 2.75) is 25.0 Å². The Bertz CT molecular complexity index is 1530. The fourth-order valence-electron chi connectivity index (χ4n) is 2.35. The van der Waals surface area contributed by atoms with Gasteiger partial charge in [0.2, 0.25) is 6.77 Å². The molecule has 0 radical (unpaired) electrons. The van der Waals surface area contributed by atoms with E-state index in [1.54, 1.807) is 0 Å². The molecular formula is C18H15ClN2O6S2. The summed E-state index contributed by atoms with van der Waals surface area (Å²) >= 11 is 6.46. The lowest BCUT2D eigenvalue weighted by Crippen LogP contribution is -2.16. The van der Waals surface area contributed by atoms with Crippen molar-refractivity contribution in [1.82, 2.24) is 5.16 Å². The van der Waals surface area contributed by atoms with E-state index in [1.165, 1.54) is 5.38 Å². The molecule has 0 bridgehead atoms. The third-order valence-electron chi connectivity index (χ3n) is 3.67. The smallest absolute Gasteiger partial charge is 0.265 e. The van der Waals surface area contributed by atoms with Crippen molar-refractivity contribution in [2.24, 2.45) is 0 Å². The molecule has 1 aromatic carbocycles. The molecule has 0 aliphatic carbocycles. The van der Waals surface area contributed by atoms with Gasteiger partial charge in [0.1, 0.15) is 17.0 Å². The molecule has 1 aliphatic heterocycles. The van der Waals surface area contributed by atoms with Crippen LogP contribution in [-0.2, 0) is 16.4 Å². The number of halogens is 1. The number of benzene rings is 1. The summed E-state index contributed by atoms with van der Waals surface area (Å²) in [7, 11) is -4.71. The largest absolute Gasteiger partial charge is 0.454 e. The number of Topliss-reactive ketones (excluding diaryl/α,β-unsaturated/α-hetero) is 1. The number of rotatable bonds is 6. The molecule has 0 saturated carbocycles. The first kappa shape index (κ1) is 11.6. The molecule has 1 aliphatic rings. The summed E-state index contributed by atoms with van der Waals surface area (Å²) in [6, 6.07) is 2.85. The Hall–Kier alpha value is -2.56. The highest BCUT2D eigenvalue weighted by atomic mass is 35.5. The van der Waals surface area contributed by atoms with Crippen molar-refractivity contribution in [1.29, 1.82) is 0 Å². The van der Waals surface area contributed by atoms with Crippen molar-refractivity contribution in [3.05, 3.63) is 50.3 Å². The van der Waals surface area contributed by atoms with Gasteiger partial charge in [-0.25, -0.2) is 13.1 Å². The number of carbonyl (C=O) groups is 1. The number of nitrogens with one attached hydrogen (secondary N) is 1. The number of sulfonamides is 1. The molecule has 4 rings (SSSR count). The summed E-state index contributed by atoms with van der Waals surface area (Å²) in [6.07, 6.45) is -3.09. The number of thiophene rings is 1. The van der Waals surface area contributed by atoms with Gasteiger partial charge in [-0.2, -0.15) is 0 Å². The molecule has 0 spiro atoms. The zero-order valence-corrected chi connectivity index (χ0v) is 16.4. The van der Waals surface area contributed by atoms with Crippen LogP contribution in [0.25, 0.3) is 0 Å². The van der Waals surface area contributed by atoms with Crippen molar-refractivity contribution < 1.29 is 39.5 Å². The van der Waals surface area contributed by atoms with Gasteiger partial charge < -0.3 is 14.0 Å². The van der Waals surface area contributed by atoms with Gasteiger partial charge in [0, 0.05) is 17.3 Å². The zero-order chi connectivity index (χ0) is 28.4. The van der Waals surface area contributed by atoms with E-state index in [-0.39, 0.29) is 11.5 Å². The molecule has 2 aromatic heterocycles. The number of aromatic nitrogens is 1. The molecular weight excluding hydrogens is 440 g/mol. The molecule has 0 saturated heterocycles. The molecule has 3 heterocycles. The van der Waals surface area contributed by atoms with Crippen molar-refractivity contribution in [3.8, 4) is 11.5 Å². The number of carbonyl (C=O) groups excluding carboxylic acids is 1. The zero-order valence-electron chi connectivity index (χ0n) is 23.0. The number of aryl methyl sites for hydroxylation is 2. The third kappa shape index (κ3) is 3.70. The van der Waals surface area contributed by atoms with Gasteiger partial charge in [-0.15, -0.1) is 11.3 Å². The Labute approximate surface area is 188 Å². The highest BCUT2D eigenvalue weighted by Gasteiger charge is 2.27. The molecule has 3 aromatic rings. The minimum atomic E-state index is -4.71. The van der Waals surface area contributed by atoms with Crippen LogP contribution < -0.4 is 14.2 Å². The Balaban J connectivity index is 1.74. The number of hydrogen-bond donors (Lipinski definition) is 1. The van der Waals surface area contributed by atoms with Crippen LogP contribution in [0.4, 0.5) is 5.88 Å². The maximum Gasteiger partial charge on any atom is 0.265 e. The minimum absolute atomic E-state index is 0.132. The summed E-state index contributed by atoms with van der Waals surface area (Å²) in [5, 5.41) is 3.79. The van der Waals surface area contributed by atoms with Crippen LogP contribution in [0.3, 0.4) is 0 Å². The summed E-state index contributed by atoms with van der Waals surface area (Å²) in [6.45, 7) is -7.26. The summed E-state index contributed by atoms with van der Waals surface area (Å²) in [4.78, 5) is 12.1. The molecule has 0 fully saturated rings. The Kier molecular flexibility index (Phi) is 2.94. The summed E-state index contributed by atoms with van der Waals surface area (Å²) in [5.41, 5.74) is -1.94. The fourth-order valence-corrected chi connectivity index (χ4v) is 4.84. The summed E-state index contributed by atoms with van der Waals surface area (Å²) < 4.78 is 113. The van der Waals surface area contributed by atoms with Crippen LogP contribution in [0.1, 0.15) is 38.8 Å².